The fourth-order valence-electron chi connectivity index (χ4n) is 2.17. The van der Waals surface area contributed by atoms with Crippen LogP contribution in [0.3, 0.4) is 0 Å². The lowest BCUT2D eigenvalue weighted by Gasteiger charge is -2.14. The number of aliphatic carboxylic acids is 1. The van der Waals surface area contributed by atoms with Crippen LogP contribution in [0.25, 0.3) is 0 Å². The molecule has 3 amide bonds. The summed E-state index contributed by atoms with van der Waals surface area (Å²) in [6.45, 7) is -0.569. The zero-order chi connectivity index (χ0) is 22.4. The first-order chi connectivity index (χ1) is 14.3. The highest BCUT2D eigenvalue weighted by atomic mass is 16.5. The van der Waals surface area contributed by atoms with Gasteiger partial charge in [-0.15, -0.1) is 0 Å². The molecule has 30 heavy (non-hydrogen) atoms. The molecule has 1 aromatic carbocycles. The summed E-state index contributed by atoms with van der Waals surface area (Å²) < 4.78 is 4.95. The van der Waals surface area contributed by atoms with Crippen LogP contribution in [0.15, 0.2) is 35.3 Å². The van der Waals surface area contributed by atoms with Gasteiger partial charge in [-0.2, -0.15) is 0 Å². The average Bonchev–Trinajstić information content (AvgIpc) is 2.71. The van der Waals surface area contributed by atoms with Gasteiger partial charge in [0.2, 0.25) is 11.8 Å². The van der Waals surface area contributed by atoms with Crippen LogP contribution in [-0.2, 0) is 25.7 Å². The molecule has 0 aliphatic heterocycles. The number of ether oxygens (including phenoxy) is 1. The summed E-state index contributed by atoms with van der Waals surface area (Å²) in [6, 6.07) is 7.85. The van der Waals surface area contributed by atoms with Gasteiger partial charge in [-0.25, -0.2) is 9.59 Å². The summed E-state index contributed by atoms with van der Waals surface area (Å²) in [6.07, 6.45) is -0.331. The molecule has 0 radical (unpaired) electrons. The number of guanidine groups is 1. The molecule has 0 aliphatic rings. The average molecular weight is 422 g/mol. The predicted octanol–water partition coefficient (Wildman–Crippen LogP) is -1.35. The number of nitrogens with one attached hydrogen (secondary N) is 3. The third kappa shape index (κ3) is 11.1. The number of alkyl carbamates (subject to hydrolysis) is 1. The number of amides is 3. The smallest absolute Gasteiger partial charge is 0.407 e. The van der Waals surface area contributed by atoms with Crippen molar-refractivity contribution >= 4 is 29.8 Å². The van der Waals surface area contributed by atoms with Crippen molar-refractivity contribution in [2.45, 2.75) is 25.5 Å². The van der Waals surface area contributed by atoms with Gasteiger partial charge in [-0.1, -0.05) is 30.3 Å². The van der Waals surface area contributed by atoms with E-state index in [1.165, 1.54) is 0 Å². The Labute approximate surface area is 173 Å². The molecular formula is C18H26N6O6. The Balaban J connectivity index is 2.25. The molecule has 0 bridgehead atoms. The van der Waals surface area contributed by atoms with Crippen LogP contribution in [0, 0.1) is 0 Å². The fourth-order valence-corrected chi connectivity index (χ4v) is 2.17. The lowest BCUT2D eigenvalue weighted by molar-refractivity contribution is -0.141. The van der Waals surface area contributed by atoms with Crippen molar-refractivity contribution in [3.63, 3.8) is 0 Å². The van der Waals surface area contributed by atoms with Gasteiger partial charge in [0.05, 0.1) is 6.54 Å². The molecule has 164 valence electrons. The molecule has 0 heterocycles. The van der Waals surface area contributed by atoms with E-state index in [9.17, 15) is 19.2 Å². The molecular weight excluding hydrogens is 396 g/mol. The van der Waals surface area contributed by atoms with Gasteiger partial charge in [-0.05, 0) is 18.4 Å². The topological polar surface area (TPSA) is 198 Å². The maximum absolute atomic E-state index is 11.8. The minimum Gasteiger partial charge on any atom is -0.480 e. The Hall–Kier alpha value is -3.83. The van der Waals surface area contributed by atoms with Crippen molar-refractivity contribution in [2.75, 3.05) is 19.6 Å². The largest absolute Gasteiger partial charge is 0.480 e. The summed E-state index contributed by atoms with van der Waals surface area (Å²) in [4.78, 5) is 50.0. The lowest BCUT2D eigenvalue weighted by atomic mass is 10.1. The zero-order valence-corrected chi connectivity index (χ0v) is 16.3. The van der Waals surface area contributed by atoms with Crippen molar-refractivity contribution < 1.29 is 29.0 Å². The summed E-state index contributed by atoms with van der Waals surface area (Å²) in [5.74, 6) is -2.65. The van der Waals surface area contributed by atoms with Crippen LogP contribution in [0.1, 0.15) is 18.4 Å². The molecule has 0 aromatic heterocycles. The zero-order valence-electron chi connectivity index (χ0n) is 16.3. The van der Waals surface area contributed by atoms with Gasteiger partial charge < -0.3 is 37.3 Å². The number of nitrogens with two attached hydrogens (primary N) is 2. The van der Waals surface area contributed by atoms with E-state index in [2.05, 4.69) is 20.9 Å². The van der Waals surface area contributed by atoms with E-state index < -0.39 is 43.0 Å². The van der Waals surface area contributed by atoms with E-state index >= 15 is 0 Å². The third-order valence-corrected chi connectivity index (χ3v) is 3.63. The third-order valence-electron chi connectivity index (χ3n) is 3.63. The van der Waals surface area contributed by atoms with Crippen molar-refractivity contribution in [3.05, 3.63) is 35.9 Å². The summed E-state index contributed by atoms with van der Waals surface area (Å²) in [5.41, 5.74) is 11.1. The Kier molecular flexibility index (Phi) is 10.8. The second-order valence-corrected chi connectivity index (χ2v) is 6.10. The quantitative estimate of drug-likeness (QED) is 0.135. The summed E-state index contributed by atoms with van der Waals surface area (Å²) in [5, 5.41) is 15.9. The standard InChI is InChI=1S/C18H26N6O6/c19-17(20)21-8-4-7-13(16(27)28)24-15(26)10-22-14(25)9-23-18(29)30-11-12-5-2-1-3-6-12/h1-3,5-6,13H,4,7-11H2,(H,22,25)(H,23,29)(H,24,26)(H,27,28)(H4,19,20,21)/t13-/m0/s1. The van der Waals surface area contributed by atoms with Crippen LogP contribution in [-0.4, -0.2) is 60.6 Å². The first kappa shape index (κ1) is 24.2. The molecule has 0 saturated carbocycles. The number of carbonyl (C=O) groups excluding carboxylic acids is 3. The maximum atomic E-state index is 11.8. The van der Waals surface area contributed by atoms with E-state index in [4.69, 9.17) is 21.3 Å². The Bertz CT molecular complexity index is 751. The molecule has 0 spiro atoms. The second kappa shape index (κ2) is 13.4. The van der Waals surface area contributed by atoms with Crippen molar-refractivity contribution in [2.24, 2.45) is 16.5 Å². The minimum absolute atomic E-state index is 0.0520. The maximum Gasteiger partial charge on any atom is 0.407 e. The highest BCUT2D eigenvalue weighted by Crippen LogP contribution is 2.00. The highest BCUT2D eigenvalue weighted by Gasteiger charge is 2.19. The van der Waals surface area contributed by atoms with E-state index in [-0.39, 0.29) is 25.5 Å². The molecule has 1 rings (SSSR count). The number of aliphatic imine (C=N–C) groups is 1. The number of nitrogens with zero attached hydrogens (tertiary/aromatic N) is 1. The van der Waals surface area contributed by atoms with Gasteiger partial charge in [0.1, 0.15) is 19.2 Å². The normalized spacial score (nSPS) is 10.9. The molecule has 0 saturated heterocycles. The fraction of sp³-hybridized carbons (Fsp3) is 0.389. The van der Waals surface area contributed by atoms with Crippen LogP contribution in [0.4, 0.5) is 4.79 Å². The minimum atomic E-state index is -1.22. The molecule has 12 nitrogen and oxygen atoms in total. The van der Waals surface area contributed by atoms with Crippen molar-refractivity contribution in [1.82, 2.24) is 16.0 Å². The van der Waals surface area contributed by atoms with E-state index in [1.807, 2.05) is 6.07 Å². The summed E-state index contributed by atoms with van der Waals surface area (Å²) >= 11 is 0. The van der Waals surface area contributed by atoms with E-state index in [0.717, 1.165) is 5.56 Å². The number of carboxylic acid groups (broad SMARTS) is 1. The molecule has 1 atom stereocenters. The van der Waals surface area contributed by atoms with Crippen LogP contribution in [0.2, 0.25) is 0 Å². The van der Waals surface area contributed by atoms with Crippen molar-refractivity contribution in [3.8, 4) is 0 Å². The summed E-state index contributed by atoms with van der Waals surface area (Å²) in [7, 11) is 0. The number of hydrogen-bond acceptors (Lipinski definition) is 6. The SMILES string of the molecule is NC(N)=NCCC[C@H](NC(=O)CNC(=O)CNC(=O)OCc1ccccc1)C(=O)O. The number of rotatable bonds is 12. The van der Waals surface area contributed by atoms with Gasteiger partial charge in [0.15, 0.2) is 5.96 Å². The van der Waals surface area contributed by atoms with Gasteiger partial charge >= 0.3 is 12.1 Å². The molecule has 12 heteroatoms. The number of hydrogen-bond donors (Lipinski definition) is 6. The molecule has 0 fully saturated rings. The molecule has 1 aromatic rings. The van der Waals surface area contributed by atoms with Gasteiger partial charge in [0, 0.05) is 6.54 Å². The number of benzene rings is 1. The van der Waals surface area contributed by atoms with Crippen LogP contribution >= 0.6 is 0 Å². The Morgan fingerprint density at radius 2 is 1.70 bits per heavy atom. The first-order valence-corrected chi connectivity index (χ1v) is 9.06. The highest BCUT2D eigenvalue weighted by molar-refractivity contribution is 5.89. The molecule has 0 aliphatic carbocycles. The molecule has 8 N–H and O–H groups in total. The van der Waals surface area contributed by atoms with E-state index in [1.54, 1.807) is 24.3 Å². The van der Waals surface area contributed by atoms with Crippen LogP contribution < -0.4 is 27.4 Å². The predicted molar refractivity (Wildman–Crippen MR) is 107 cm³/mol. The Morgan fingerprint density at radius 1 is 1.03 bits per heavy atom. The number of carbonyl (C=O) groups is 4. The van der Waals surface area contributed by atoms with Crippen molar-refractivity contribution in [1.29, 1.82) is 0 Å². The van der Waals surface area contributed by atoms with Gasteiger partial charge in [-0.3, -0.25) is 14.6 Å². The molecule has 0 unspecified atom stereocenters. The lowest BCUT2D eigenvalue weighted by Crippen LogP contribution is -2.47. The number of carboxylic acids is 1. The van der Waals surface area contributed by atoms with Crippen LogP contribution in [0.5, 0.6) is 0 Å². The van der Waals surface area contributed by atoms with Gasteiger partial charge in [0.25, 0.3) is 0 Å². The Morgan fingerprint density at radius 3 is 2.33 bits per heavy atom. The first-order valence-electron chi connectivity index (χ1n) is 9.06. The van der Waals surface area contributed by atoms with E-state index in [0.29, 0.717) is 6.42 Å². The second-order valence-electron chi connectivity index (χ2n) is 6.10. The monoisotopic (exact) mass is 422 g/mol.